The lowest BCUT2D eigenvalue weighted by Crippen LogP contribution is -1.87. The van der Waals surface area contributed by atoms with Crippen molar-refractivity contribution in [3.8, 4) is 6.07 Å². The Morgan fingerprint density at radius 3 is 2.83 bits per heavy atom. The summed E-state index contributed by atoms with van der Waals surface area (Å²) in [4.78, 5) is 0. The lowest BCUT2D eigenvalue weighted by atomic mass is 10.1. The minimum absolute atomic E-state index is 0.0789. The Balaban J connectivity index is 2.04. The normalized spacial score (nSPS) is 10.3. The zero-order valence-corrected chi connectivity index (χ0v) is 11.8. The number of hydrogen-bond acceptors (Lipinski definition) is 6. The van der Waals surface area contributed by atoms with E-state index in [9.17, 15) is 4.39 Å². The van der Waals surface area contributed by atoms with E-state index < -0.39 is 5.82 Å². The molecule has 0 amide bonds. The average molecular weight is 297 g/mol. The molecule has 0 bridgehead atoms. The molecule has 2 aromatic rings. The van der Waals surface area contributed by atoms with Crippen molar-refractivity contribution in [1.82, 2.24) is 10.2 Å². The Labute approximate surface area is 116 Å². The fourth-order valence-corrected chi connectivity index (χ4v) is 3.61. The number of hydrogen-bond donors (Lipinski definition) is 0. The van der Waals surface area contributed by atoms with E-state index in [0.717, 1.165) is 14.2 Å². The molecule has 92 valence electrons. The summed E-state index contributed by atoms with van der Waals surface area (Å²) in [5.74, 6) is 0.171. The maximum absolute atomic E-state index is 13.1. The molecule has 0 unspecified atom stereocenters. The molecular weight excluding hydrogens is 289 g/mol. The van der Waals surface area contributed by atoms with E-state index >= 15 is 0 Å². The van der Waals surface area contributed by atoms with E-state index in [0.29, 0.717) is 5.75 Å². The van der Waals surface area contributed by atoms with Gasteiger partial charge in [-0.2, -0.15) is 5.26 Å². The van der Waals surface area contributed by atoms with E-state index in [4.69, 9.17) is 5.26 Å². The first-order chi connectivity index (χ1) is 8.72. The number of thioether (sulfide) groups is 2. The van der Waals surface area contributed by atoms with Gasteiger partial charge in [-0.3, -0.25) is 0 Å². The van der Waals surface area contributed by atoms with Gasteiger partial charge in [0.25, 0.3) is 0 Å². The van der Waals surface area contributed by atoms with Gasteiger partial charge in [-0.1, -0.05) is 40.9 Å². The summed E-state index contributed by atoms with van der Waals surface area (Å²) >= 11 is 4.62. The van der Waals surface area contributed by atoms with Gasteiger partial charge in [0.1, 0.15) is 11.9 Å². The first-order valence-electron chi connectivity index (χ1n) is 4.91. The molecule has 0 fully saturated rings. The van der Waals surface area contributed by atoms with Gasteiger partial charge in [0.15, 0.2) is 8.68 Å². The smallest absolute Gasteiger partial charge is 0.175 e. The minimum Gasteiger partial charge on any atom is -0.206 e. The monoisotopic (exact) mass is 297 g/mol. The summed E-state index contributed by atoms with van der Waals surface area (Å²) in [6.45, 7) is 0. The minimum atomic E-state index is -0.480. The van der Waals surface area contributed by atoms with Gasteiger partial charge >= 0.3 is 0 Å². The Morgan fingerprint density at radius 2 is 2.17 bits per heavy atom. The van der Waals surface area contributed by atoms with Gasteiger partial charge in [-0.15, -0.1) is 10.2 Å². The summed E-state index contributed by atoms with van der Waals surface area (Å²) in [7, 11) is 0. The first-order valence-corrected chi connectivity index (χ1v) is 7.94. The zero-order valence-electron chi connectivity index (χ0n) is 9.38. The highest BCUT2D eigenvalue weighted by atomic mass is 32.2. The SMILES string of the molecule is CSc1nnc(SCc2ccc(F)c(C#N)c2)s1. The molecule has 0 N–H and O–H groups in total. The molecule has 0 radical (unpaired) electrons. The van der Waals surface area contributed by atoms with E-state index in [1.807, 2.05) is 12.3 Å². The molecule has 0 saturated heterocycles. The van der Waals surface area contributed by atoms with Gasteiger partial charge in [0, 0.05) is 5.75 Å². The van der Waals surface area contributed by atoms with Gasteiger partial charge in [-0.25, -0.2) is 4.39 Å². The van der Waals surface area contributed by atoms with Crippen LogP contribution >= 0.6 is 34.9 Å². The van der Waals surface area contributed by atoms with Crippen LogP contribution in [0.1, 0.15) is 11.1 Å². The largest absolute Gasteiger partial charge is 0.206 e. The molecule has 18 heavy (non-hydrogen) atoms. The highest BCUT2D eigenvalue weighted by molar-refractivity contribution is 8.02. The second kappa shape index (κ2) is 6.18. The van der Waals surface area contributed by atoms with Crippen molar-refractivity contribution in [2.24, 2.45) is 0 Å². The fourth-order valence-electron chi connectivity index (χ4n) is 1.23. The maximum Gasteiger partial charge on any atom is 0.175 e. The number of benzene rings is 1. The lowest BCUT2D eigenvalue weighted by molar-refractivity contribution is 0.623. The Hall–Kier alpha value is -1.10. The van der Waals surface area contributed by atoms with Gasteiger partial charge in [-0.05, 0) is 24.0 Å². The number of halogens is 1. The number of nitriles is 1. The lowest BCUT2D eigenvalue weighted by Gasteiger charge is -2.00. The molecule has 2 rings (SSSR count). The average Bonchev–Trinajstić information content (AvgIpc) is 2.86. The summed E-state index contributed by atoms with van der Waals surface area (Å²) in [6, 6.07) is 6.40. The van der Waals surface area contributed by atoms with Crippen LogP contribution in [0.2, 0.25) is 0 Å². The summed E-state index contributed by atoms with van der Waals surface area (Å²) in [5, 5.41) is 16.8. The molecular formula is C11H8FN3S3. The molecule has 1 heterocycles. The third-order valence-electron chi connectivity index (χ3n) is 2.08. The van der Waals surface area contributed by atoms with Crippen LogP contribution in [0.5, 0.6) is 0 Å². The van der Waals surface area contributed by atoms with Crippen LogP contribution in [-0.4, -0.2) is 16.5 Å². The number of rotatable bonds is 4. The Morgan fingerprint density at radius 1 is 1.39 bits per heavy atom. The highest BCUT2D eigenvalue weighted by Crippen LogP contribution is 2.29. The standard InChI is InChI=1S/C11H8FN3S3/c1-16-10-14-15-11(18-10)17-6-7-2-3-9(12)8(4-7)5-13/h2-4H,6H2,1H3. The van der Waals surface area contributed by atoms with Gasteiger partial charge in [0.05, 0.1) is 5.56 Å². The fraction of sp³-hybridized carbons (Fsp3) is 0.182. The van der Waals surface area contributed by atoms with Crippen LogP contribution in [-0.2, 0) is 5.75 Å². The zero-order chi connectivity index (χ0) is 13.0. The van der Waals surface area contributed by atoms with Crippen molar-refractivity contribution >= 4 is 34.9 Å². The maximum atomic E-state index is 13.1. The predicted molar refractivity (Wildman–Crippen MR) is 72.4 cm³/mol. The first kappa shape index (κ1) is 13.3. The Bertz CT molecular complexity index is 591. The molecule has 0 atom stereocenters. The van der Waals surface area contributed by atoms with Crippen molar-refractivity contribution in [1.29, 1.82) is 5.26 Å². The molecule has 0 aliphatic rings. The summed E-state index contributed by atoms with van der Waals surface area (Å²) < 4.78 is 14.9. The van der Waals surface area contributed by atoms with Crippen molar-refractivity contribution in [2.75, 3.05) is 6.26 Å². The van der Waals surface area contributed by atoms with Crippen LogP contribution in [0, 0.1) is 17.1 Å². The number of nitrogens with zero attached hydrogens (tertiary/aromatic N) is 3. The molecule has 0 aliphatic heterocycles. The predicted octanol–water partition coefficient (Wildman–Crippen LogP) is 3.56. The second-order valence-electron chi connectivity index (χ2n) is 3.25. The topological polar surface area (TPSA) is 49.6 Å². The van der Waals surface area contributed by atoms with Crippen molar-refractivity contribution in [3.05, 3.63) is 35.1 Å². The number of aromatic nitrogens is 2. The quantitative estimate of drug-likeness (QED) is 0.808. The summed E-state index contributed by atoms with van der Waals surface area (Å²) in [5.41, 5.74) is 0.981. The highest BCUT2D eigenvalue weighted by Gasteiger charge is 2.06. The Kier molecular flexibility index (Phi) is 4.58. The molecule has 1 aromatic heterocycles. The van der Waals surface area contributed by atoms with E-state index in [2.05, 4.69) is 10.2 Å². The van der Waals surface area contributed by atoms with Gasteiger partial charge in [0.2, 0.25) is 0 Å². The molecule has 1 aromatic carbocycles. The van der Waals surface area contributed by atoms with Crippen LogP contribution in [0.15, 0.2) is 26.9 Å². The van der Waals surface area contributed by atoms with Crippen molar-refractivity contribution < 1.29 is 4.39 Å². The van der Waals surface area contributed by atoms with Crippen LogP contribution in [0.4, 0.5) is 4.39 Å². The third kappa shape index (κ3) is 3.22. The molecule has 0 saturated carbocycles. The van der Waals surface area contributed by atoms with Crippen LogP contribution in [0.3, 0.4) is 0 Å². The third-order valence-corrected chi connectivity index (χ3v) is 5.18. The van der Waals surface area contributed by atoms with Crippen molar-refractivity contribution in [2.45, 2.75) is 14.4 Å². The molecule has 3 nitrogen and oxygen atoms in total. The molecule has 7 heteroatoms. The molecule has 0 spiro atoms. The van der Waals surface area contributed by atoms with Gasteiger partial charge < -0.3 is 0 Å². The van der Waals surface area contributed by atoms with Crippen molar-refractivity contribution in [3.63, 3.8) is 0 Å². The van der Waals surface area contributed by atoms with E-state index in [1.165, 1.54) is 29.2 Å². The van der Waals surface area contributed by atoms with Crippen LogP contribution < -0.4 is 0 Å². The summed E-state index contributed by atoms with van der Waals surface area (Å²) in [6.07, 6.45) is 1.95. The van der Waals surface area contributed by atoms with E-state index in [1.54, 1.807) is 23.9 Å². The second-order valence-corrected chi connectivity index (χ2v) is 6.51. The molecule has 0 aliphatic carbocycles. The van der Waals surface area contributed by atoms with Crippen LogP contribution in [0.25, 0.3) is 0 Å². The van der Waals surface area contributed by atoms with E-state index in [-0.39, 0.29) is 5.56 Å².